The van der Waals surface area contributed by atoms with Crippen molar-refractivity contribution in [1.29, 1.82) is 0 Å². The van der Waals surface area contributed by atoms with Gasteiger partial charge in [0.05, 0.1) is 25.9 Å². The van der Waals surface area contributed by atoms with Crippen LogP contribution in [0.1, 0.15) is 12.8 Å². The van der Waals surface area contributed by atoms with Crippen LogP contribution in [-0.2, 0) is 9.59 Å². The van der Waals surface area contributed by atoms with Crippen LogP contribution < -0.4 is 20.3 Å². The fraction of sp³-hybridized carbons (Fsp3) is 0.579. The molecule has 2 aliphatic heterocycles. The summed E-state index contributed by atoms with van der Waals surface area (Å²) in [5, 5.41) is 0. The Kier molecular flexibility index (Phi) is 5.98. The van der Waals surface area contributed by atoms with Gasteiger partial charge < -0.3 is 25.2 Å². The number of piperidine rings is 1. The average Bonchev–Trinajstić information content (AvgIpc) is 2.68. The van der Waals surface area contributed by atoms with Gasteiger partial charge >= 0.3 is 0 Å². The molecule has 142 valence electrons. The van der Waals surface area contributed by atoms with E-state index >= 15 is 0 Å². The number of rotatable bonds is 5. The third kappa shape index (κ3) is 4.27. The number of anilines is 1. The van der Waals surface area contributed by atoms with E-state index in [9.17, 15) is 9.59 Å². The molecule has 3 rings (SSSR count). The van der Waals surface area contributed by atoms with Crippen molar-refractivity contribution in [2.24, 2.45) is 11.7 Å². The summed E-state index contributed by atoms with van der Waals surface area (Å²) in [6, 6.07) is 8.00. The Morgan fingerprint density at radius 1 is 1.15 bits per heavy atom. The van der Waals surface area contributed by atoms with Crippen LogP contribution in [0.4, 0.5) is 5.69 Å². The number of carbonyl (C=O) groups is 2. The van der Waals surface area contributed by atoms with E-state index in [1.54, 1.807) is 7.11 Å². The lowest BCUT2D eigenvalue weighted by molar-refractivity contribution is -0.898. The van der Waals surface area contributed by atoms with Gasteiger partial charge in [0, 0.05) is 44.9 Å². The lowest BCUT2D eigenvalue weighted by atomic mass is 9.96. The van der Waals surface area contributed by atoms with Gasteiger partial charge in [-0.2, -0.15) is 0 Å². The first-order valence-corrected chi connectivity index (χ1v) is 9.37. The van der Waals surface area contributed by atoms with Gasteiger partial charge in [0.15, 0.2) is 6.54 Å². The first-order chi connectivity index (χ1) is 12.6. The van der Waals surface area contributed by atoms with Crippen LogP contribution in [0.5, 0.6) is 5.75 Å². The molecule has 0 radical (unpaired) electrons. The highest BCUT2D eigenvalue weighted by Gasteiger charge is 2.29. The minimum absolute atomic E-state index is 0.0155. The van der Waals surface area contributed by atoms with Gasteiger partial charge in [-0.3, -0.25) is 9.59 Å². The zero-order valence-corrected chi connectivity index (χ0v) is 15.4. The van der Waals surface area contributed by atoms with Crippen molar-refractivity contribution in [3.8, 4) is 5.75 Å². The molecule has 0 spiro atoms. The summed E-state index contributed by atoms with van der Waals surface area (Å²) in [6.45, 7) is 5.29. The van der Waals surface area contributed by atoms with Crippen LogP contribution in [0, 0.1) is 5.92 Å². The summed E-state index contributed by atoms with van der Waals surface area (Å²) in [5.41, 5.74) is 6.46. The predicted octanol–water partition coefficient (Wildman–Crippen LogP) is -0.876. The third-order valence-corrected chi connectivity index (χ3v) is 5.55. The van der Waals surface area contributed by atoms with Gasteiger partial charge in [-0.25, -0.2) is 0 Å². The van der Waals surface area contributed by atoms with Crippen molar-refractivity contribution in [3.63, 3.8) is 0 Å². The summed E-state index contributed by atoms with van der Waals surface area (Å²) < 4.78 is 5.44. The Hall–Kier alpha value is -2.28. The molecule has 0 atom stereocenters. The first-order valence-electron chi connectivity index (χ1n) is 9.37. The molecule has 0 aromatic heterocycles. The number of carbonyl (C=O) groups excluding carboxylic acids is 2. The lowest BCUT2D eigenvalue weighted by Crippen LogP contribution is -3.14. The van der Waals surface area contributed by atoms with E-state index in [1.807, 2.05) is 23.1 Å². The van der Waals surface area contributed by atoms with Gasteiger partial charge in [0.1, 0.15) is 5.75 Å². The van der Waals surface area contributed by atoms with Gasteiger partial charge in [0.2, 0.25) is 5.91 Å². The van der Waals surface area contributed by atoms with Crippen LogP contribution in [-0.4, -0.2) is 69.6 Å². The summed E-state index contributed by atoms with van der Waals surface area (Å²) in [6.07, 6.45) is 1.58. The number of benzene rings is 1. The molecule has 1 aromatic carbocycles. The van der Waals surface area contributed by atoms with E-state index < -0.39 is 0 Å². The largest absolute Gasteiger partial charge is 0.495 e. The lowest BCUT2D eigenvalue weighted by Gasteiger charge is -2.37. The number of para-hydroxylation sites is 2. The number of hydrogen-bond donors (Lipinski definition) is 2. The Morgan fingerprint density at radius 2 is 1.81 bits per heavy atom. The molecular formula is C19H29N4O3+. The summed E-state index contributed by atoms with van der Waals surface area (Å²) in [5.74, 6) is 0.854. The number of methoxy groups -OCH3 is 1. The van der Waals surface area contributed by atoms with E-state index in [1.165, 1.54) is 4.90 Å². The second kappa shape index (κ2) is 8.40. The Morgan fingerprint density at radius 3 is 2.42 bits per heavy atom. The van der Waals surface area contributed by atoms with Gasteiger partial charge in [-0.15, -0.1) is 0 Å². The van der Waals surface area contributed by atoms with Crippen LogP contribution in [0.15, 0.2) is 24.3 Å². The van der Waals surface area contributed by atoms with Crippen molar-refractivity contribution >= 4 is 17.5 Å². The molecular weight excluding hydrogens is 332 g/mol. The van der Waals surface area contributed by atoms with Gasteiger partial charge in [0.25, 0.3) is 5.91 Å². The molecule has 7 nitrogen and oxygen atoms in total. The number of ether oxygens (including phenoxy) is 1. The van der Waals surface area contributed by atoms with Crippen molar-refractivity contribution in [2.45, 2.75) is 12.8 Å². The van der Waals surface area contributed by atoms with E-state index in [0.717, 1.165) is 63.5 Å². The fourth-order valence-corrected chi connectivity index (χ4v) is 3.90. The minimum atomic E-state index is -0.206. The molecule has 0 bridgehead atoms. The summed E-state index contributed by atoms with van der Waals surface area (Å²) in [7, 11) is 1.68. The molecule has 1 aromatic rings. The van der Waals surface area contributed by atoms with Crippen LogP contribution in [0.25, 0.3) is 0 Å². The molecule has 26 heavy (non-hydrogen) atoms. The fourth-order valence-electron chi connectivity index (χ4n) is 3.90. The normalized spacial score (nSPS) is 23.6. The molecule has 2 amide bonds. The van der Waals surface area contributed by atoms with E-state index in [4.69, 9.17) is 10.5 Å². The standard InChI is InChI=1S/C19H28N4O3/c1-26-17-5-3-2-4-16(17)22-10-12-23(13-11-22)18(24)14-21-8-6-15(7-9-21)19(20)25/h2-5,15H,6-14H2,1H3,(H2,20,25)/p+1. The molecule has 2 saturated heterocycles. The Balaban J connectivity index is 1.47. The topological polar surface area (TPSA) is 80.3 Å². The van der Waals surface area contributed by atoms with Crippen molar-refractivity contribution in [3.05, 3.63) is 24.3 Å². The zero-order chi connectivity index (χ0) is 18.5. The van der Waals surface area contributed by atoms with Gasteiger partial charge in [-0.05, 0) is 12.1 Å². The van der Waals surface area contributed by atoms with Gasteiger partial charge in [-0.1, -0.05) is 12.1 Å². The monoisotopic (exact) mass is 361 g/mol. The predicted molar refractivity (Wildman–Crippen MR) is 99.3 cm³/mol. The number of piperazine rings is 1. The number of primary amides is 1. The molecule has 2 heterocycles. The zero-order valence-electron chi connectivity index (χ0n) is 15.4. The first kappa shape index (κ1) is 18.5. The smallest absolute Gasteiger partial charge is 0.277 e. The molecule has 0 saturated carbocycles. The van der Waals surface area contributed by atoms with E-state index in [2.05, 4.69) is 11.0 Å². The number of quaternary nitrogens is 1. The average molecular weight is 361 g/mol. The van der Waals surface area contributed by atoms with Crippen LogP contribution >= 0.6 is 0 Å². The molecule has 0 aliphatic carbocycles. The second-order valence-corrected chi connectivity index (χ2v) is 7.14. The summed E-state index contributed by atoms with van der Waals surface area (Å²) >= 11 is 0. The van der Waals surface area contributed by atoms with Crippen molar-refractivity contribution in [1.82, 2.24) is 4.90 Å². The minimum Gasteiger partial charge on any atom is -0.495 e. The van der Waals surface area contributed by atoms with Crippen molar-refractivity contribution in [2.75, 3.05) is 57.8 Å². The quantitative estimate of drug-likeness (QED) is 0.714. The highest BCUT2D eigenvalue weighted by atomic mass is 16.5. The van der Waals surface area contributed by atoms with E-state index in [-0.39, 0.29) is 17.7 Å². The number of amides is 2. The maximum Gasteiger partial charge on any atom is 0.277 e. The second-order valence-electron chi connectivity index (χ2n) is 7.14. The SMILES string of the molecule is COc1ccccc1N1CCN(C(=O)C[NH+]2CCC(C(N)=O)CC2)CC1. The number of nitrogens with one attached hydrogen (secondary N) is 1. The number of likely N-dealkylation sites (tertiary alicyclic amines) is 1. The highest BCUT2D eigenvalue weighted by molar-refractivity contribution is 5.78. The van der Waals surface area contributed by atoms with Crippen LogP contribution in [0.3, 0.4) is 0 Å². The molecule has 0 unspecified atom stereocenters. The Labute approximate surface area is 154 Å². The Bertz CT molecular complexity index is 635. The van der Waals surface area contributed by atoms with E-state index in [0.29, 0.717) is 6.54 Å². The van der Waals surface area contributed by atoms with Crippen LogP contribution in [0.2, 0.25) is 0 Å². The molecule has 7 heteroatoms. The number of nitrogens with two attached hydrogens (primary N) is 1. The number of hydrogen-bond acceptors (Lipinski definition) is 4. The van der Waals surface area contributed by atoms with Crippen molar-refractivity contribution < 1.29 is 19.2 Å². The molecule has 3 N–H and O–H groups in total. The highest BCUT2D eigenvalue weighted by Crippen LogP contribution is 2.28. The summed E-state index contributed by atoms with van der Waals surface area (Å²) in [4.78, 5) is 29.4. The third-order valence-electron chi connectivity index (χ3n) is 5.55. The molecule has 2 aliphatic rings. The maximum absolute atomic E-state index is 12.6. The number of nitrogens with zero attached hydrogens (tertiary/aromatic N) is 2. The maximum atomic E-state index is 12.6. The molecule has 2 fully saturated rings.